The molecule has 0 saturated carbocycles. The van der Waals surface area contributed by atoms with Crippen molar-refractivity contribution in [1.82, 2.24) is 4.90 Å². The van der Waals surface area contributed by atoms with Crippen molar-refractivity contribution in [3.63, 3.8) is 0 Å². The van der Waals surface area contributed by atoms with Gasteiger partial charge in [0.1, 0.15) is 5.75 Å². The van der Waals surface area contributed by atoms with Gasteiger partial charge in [0.05, 0.1) is 13.7 Å². The first-order chi connectivity index (χ1) is 9.65. The molecule has 1 unspecified atom stereocenters. The minimum absolute atomic E-state index is 0.0613. The second-order valence-corrected chi connectivity index (χ2v) is 5.39. The lowest BCUT2D eigenvalue weighted by atomic mass is 10.0. The first kappa shape index (κ1) is 15.0. The zero-order valence-corrected chi connectivity index (χ0v) is 12.3. The molecule has 1 N–H and O–H groups in total. The van der Waals surface area contributed by atoms with E-state index in [-0.39, 0.29) is 18.4 Å². The fourth-order valence-corrected chi connectivity index (χ4v) is 2.81. The minimum atomic E-state index is 0.0613. The van der Waals surface area contributed by atoms with Crippen LogP contribution in [-0.4, -0.2) is 42.1 Å². The van der Waals surface area contributed by atoms with Gasteiger partial charge >= 0.3 is 0 Å². The van der Waals surface area contributed by atoms with Gasteiger partial charge in [0, 0.05) is 23.7 Å². The summed E-state index contributed by atoms with van der Waals surface area (Å²) in [5, 5.41) is 9.48. The van der Waals surface area contributed by atoms with Crippen LogP contribution < -0.4 is 4.74 Å². The zero-order chi connectivity index (χ0) is 14.5. The van der Waals surface area contributed by atoms with E-state index < -0.39 is 0 Å². The second kappa shape index (κ2) is 6.86. The number of hydrogen-bond donors (Lipinski definition) is 1. The van der Waals surface area contributed by atoms with E-state index in [1.807, 2.05) is 12.1 Å². The zero-order valence-electron chi connectivity index (χ0n) is 12.3. The van der Waals surface area contributed by atoms with Crippen LogP contribution in [0.3, 0.4) is 0 Å². The van der Waals surface area contributed by atoms with Gasteiger partial charge < -0.3 is 9.84 Å². The molecule has 1 aliphatic heterocycles. The summed E-state index contributed by atoms with van der Waals surface area (Å²) >= 11 is 0. The van der Waals surface area contributed by atoms with Crippen LogP contribution in [0.15, 0.2) is 18.2 Å². The highest BCUT2D eigenvalue weighted by atomic mass is 16.5. The first-order valence-electron chi connectivity index (χ1n) is 7.18. The number of piperidine rings is 1. The van der Waals surface area contributed by atoms with Gasteiger partial charge in [-0.05, 0) is 44.5 Å². The van der Waals surface area contributed by atoms with Crippen LogP contribution in [0.5, 0.6) is 5.75 Å². The summed E-state index contributed by atoms with van der Waals surface area (Å²) < 4.78 is 5.39. The molecule has 1 heterocycles. The van der Waals surface area contributed by atoms with Crippen molar-refractivity contribution in [2.75, 3.05) is 20.3 Å². The number of Topliss-reactive ketones (excluding diaryl/α,β-unsaturated/α-hetero) is 1. The number of methoxy groups -OCH3 is 1. The Morgan fingerprint density at radius 1 is 1.45 bits per heavy atom. The van der Waals surface area contributed by atoms with Crippen molar-refractivity contribution in [3.8, 4) is 5.75 Å². The summed E-state index contributed by atoms with van der Waals surface area (Å²) in [4.78, 5) is 13.8. The van der Waals surface area contributed by atoms with E-state index in [2.05, 4.69) is 4.90 Å². The van der Waals surface area contributed by atoms with Crippen molar-refractivity contribution < 1.29 is 14.6 Å². The second-order valence-electron chi connectivity index (χ2n) is 5.39. The number of carbonyl (C=O) groups excluding carboxylic acids is 1. The normalized spacial score (nSPS) is 19.9. The molecular formula is C16H23NO3. The summed E-state index contributed by atoms with van der Waals surface area (Å²) in [5.41, 5.74) is 1.72. The third-order valence-electron chi connectivity index (χ3n) is 4.02. The van der Waals surface area contributed by atoms with E-state index in [1.165, 1.54) is 6.42 Å². The summed E-state index contributed by atoms with van der Waals surface area (Å²) in [6, 6.07) is 5.77. The van der Waals surface area contributed by atoms with Crippen molar-refractivity contribution in [2.24, 2.45) is 0 Å². The van der Waals surface area contributed by atoms with Gasteiger partial charge in [0.25, 0.3) is 0 Å². The molecule has 110 valence electrons. The highest BCUT2D eigenvalue weighted by molar-refractivity contribution is 5.94. The Balaban J connectivity index is 2.21. The van der Waals surface area contributed by atoms with Crippen molar-refractivity contribution in [1.29, 1.82) is 0 Å². The molecule has 1 aromatic carbocycles. The van der Waals surface area contributed by atoms with Crippen LogP contribution in [-0.2, 0) is 6.54 Å². The smallest absolute Gasteiger partial charge is 0.159 e. The lowest BCUT2D eigenvalue weighted by Gasteiger charge is -2.34. The van der Waals surface area contributed by atoms with Crippen LogP contribution in [0.4, 0.5) is 0 Å². The predicted octanol–water partition coefficient (Wildman–Crippen LogP) is 2.24. The molecule has 2 rings (SSSR count). The molecule has 0 spiro atoms. The average Bonchev–Trinajstić information content (AvgIpc) is 2.47. The van der Waals surface area contributed by atoms with Crippen molar-refractivity contribution in [3.05, 3.63) is 29.3 Å². The Bertz CT molecular complexity index is 473. The minimum Gasteiger partial charge on any atom is -0.496 e. The van der Waals surface area contributed by atoms with E-state index in [9.17, 15) is 9.90 Å². The number of aliphatic hydroxyl groups excluding tert-OH is 1. The number of ketones is 1. The Kier molecular flexibility index (Phi) is 5.15. The molecule has 4 nitrogen and oxygen atoms in total. The Morgan fingerprint density at radius 2 is 2.25 bits per heavy atom. The molecule has 1 fully saturated rings. The number of ether oxygens (including phenoxy) is 1. The summed E-state index contributed by atoms with van der Waals surface area (Å²) in [5.74, 6) is 0.864. The number of likely N-dealkylation sites (tertiary alicyclic amines) is 1. The molecular weight excluding hydrogens is 254 g/mol. The molecule has 1 aromatic rings. The van der Waals surface area contributed by atoms with Crippen LogP contribution in [0, 0.1) is 0 Å². The van der Waals surface area contributed by atoms with Gasteiger partial charge in [-0.3, -0.25) is 9.69 Å². The van der Waals surface area contributed by atoms with E-state index in [0.29, 0.717) is 5.56 Å². The average molecular weight is 277 g/mol. The van der Waals surface area contributed by atoms with E-state index in [4.69, 9.17) is 4.74 Å². The van der Waals surface area contributed by atoms with Gasteiger partial charge in [-0.25, -0.2) is 0 Å². The number of rotatable bonds is 5. The molecule has 1 aliphatic rings. The van der Waals surface area contributed by atoms with Crippen LogP contribution in [0.25, 0.3) is 0 Å². The molecule has 0 radical (unpaired) electrons. The number of nitrogens with zero attached hydrogens (tertiary/aromatic N) is 1. The Hall–Kier alpha value is -1.39. The maximum absolute atomic E-state index is 11.5. The van der Waals surface area contributed by atoms with Gasteiger partial charge in [-0.2, -0.15) is 0 Å². The molecule has 1 saturated heterocycles. The van der Waals surface area contributed by atoms with Gasteiger partial charge in [-0.15, -0.1) is 0 Å². The van der Waals surface area contributed by atoms with Crippen molar-refractivity contribution in [2.45, 2.75) is 38.8 Å². The summed E-state index contributed by atoms with van der Waals surface area (Å²) in [7, 11) is 1.64. The molecule has 0 bridgehead atoms. The SMILES string of the molecule is COc1ccc(C(C)=O)cc1CN1CCCCC1CO. The monoisotopic (exact) mass is 277 g/mol. The molecule has 0 aromatic heterocycles. The van der Waals surface area contributed by atoms with E-state index in [1.54, 1.807) is 20.1 Å². The first-order valence-corrected chi connectivity index (χ1v) is 7.18. The molecule has 0 amide bonds. The third-order valence-corrected chi connectivity index (χ3v) is 4.02. The van der Waals surface area contributed by atoms with Crippen molar-refractivity contribution >= 4 is 5.78 Å². The number of benzene rings is 1. The standard InChI is InChI=1S/C16H23NO3/c1-12(19)13-6-7-16(20-2)14(9-13)10-17-8-4-3-5-15(17)11-18/h6-7,9,15,18H,3-5,8,10-11H2,1-2H3. The molecule has 20 heavy (non-hydrogen) atoms. The fourth-order valence-electron chi connectivity index (χ4n) is 2.81. The fraction of sp³-hybridized carbons (Fsp3) is 0.562. The lowest BCUT2D eigenvalue weighted by molar-refractivity contribution is 0.0833. The Labute approximate surface area is 120 Å². The summed E-state index contributed by atoms with van der Waals surface area (Å²) in [6.07, 6.45) is 3.36. The van der Waals surface area contributed by atoms with Crippen LogP contribution in [0.1, 0.15) is 42.1 Å². The lowest BCUT2D eigenvalue weighted by Crippen LogP contribution is -2.41. The highest BCUT2D eigenvalue weighted by Crippen LogP contribution is 2.25. The molecule has 0 aliphatic carbocycles. The van der Waals surface area contributed by atoms with Crippen LogP contribution in [0.2, 0.25) is 0 Å². The van der Waals surface area contributed by atoms with Gasteiger partial charge in [0.2, 0.25) is 0 Å². The molecule has 1 atom stereocenters. The Morgan fingerprint density at radius 3 is 2.90 bits per heavy atom. The third kappa shape index (κ3) is 3.38. The number of hydrogen-bond acceptors (Lipinski definition) is 4. The maximum Gasteiger partial charge on any atom is 0.159 e. The topological polar surface area (TPSA) is 49.8 Å². The number of carbonyl (C=O) groups is 1. The van der Waals surface area contributed by atoms with Gasteiger partial charge in [-0.1, -0.05) is 6.42 Å². The maximum atomic E-state index is 11.5. The predicted molar refractivity (Wildman–Crippen MR) is 78.1 cm³/mol. The van der Waals surface area contributed by atoms with E-state index >= 15 is 0 Å². The summed E-state index contributed by atoms with van der Waals surface area (Å²) in [6.45, 7) is 3.46. The van der Waals surface area contributed by atoms with E-state index in [0.717, 1.165) is 37.2 Å². The number of aliphatic hydroxyl groups is 1. The van der Waals surface area contributed by atoms with Crippen LogP contribution >= 0.6 is 0 Å². The quantitative estimate of drug-likeness (QED) is 0.839. The van der Waals surface area contributed by atoms with Gasteiger partial charge in [0.15, 0.2) is 5.78 Å². The highest BCUT2D eigenvalue weighted by Gasteiger charge is 2.22. The largest absolute Gasteiger partial charge is 0.496 e. The molecule has 4 heteroatoms.